The Hall–Kier alpha value is -2.63. The van der Waals surface area contributed by atoms with E-state index in [2.05, 4.69) is 0 Å². The smallest absolute Gasteiger partial charge is 0.242 e. The van der Waals surface area contributed by atoms with E-state index >= 15 is 0 Å². The molecule has 4 rings (SSSR count). The number of furan rings is 1. The summed E-state index contributed by atoms with van der Waals surface area (Å²) in [4.78, 5) is 29.7. The van der Waals surface area contributed by atoms with Gasteiger partial charge in [-0.05, 0) is 55.5 Å². The van der Waals surface area contributed by atoms with E-state index in [1.807, 2.05) is 6.07 Å². The number of amides is 2. The van der Waals surface area contributed by atoms with E-state index in [9.17, 15) is 14.0 Å². The summed E-state index contributed by atoms with van der Waals surface area (Å²) in [5, 5.41) is 0. The molecule has 1 aromatic heterocycles. The van der Waals surface area contributed by atoms with Crippen LogP contribution in [-0.2, 0) is 22.7 Å². The van der Waals surface area contributed by atoms with E-state index in [1.54, 1.807) is 34.3 Å². The average molecular weight is 398 g/mol. The third-order valence-electron chi connectivity index (χ3n) is 5.85. The number of rotatable bonds is 8. The van der Waals surface area contributed by atoms with Crippen LogP contribution in [0.25, 0.3) is 0 Å². The molecule has 0 spiro atoms. The highest BCUT2D eigenvalue weighted by molar-refractivity contribution is 5.86. The van der Waals surface area contributed by atoms with Gasteiger partial charge in [0.2, 0.25) is 11.8 Å². The summed E-state index contributed by atoms with van der Waals surface area (Å²) in [5.74, 6) is 0.473. The van der Waals surface area contributed by atoms with Crippen molar-refractivity contribution in [2.45, 2.75) is 57.7 Å². The van der Waals surface area contributed by atoms with Crippen molar-refractivity contribution in [2.24, 2.45) is 5.92 Å². The van der Waals surface area contributed by atoms with Crippen molar-refractivity contribution in [3.8, 4) is 0 Å². The van der Waals surface area contributed by atoms with Gasteiger partial charge in [-0.2, -0.15) is 0 Å². The van der Waals surface area contributed by atoms with Crippen LogP contribution in [0, 0.1) is 11.7 Å². The molecule has 2 aliphatic carbocycles. The van der Waals surface area contributed by atoms with Crippen LogP contribution in [0.5, 0.6) is 0 Å². The van der Waals surface area contributed by atoms with Crippen LogP contribution < -0.4 is 0 Å². The zero-order chi connectivity index (χ0) is 20.2. The lowest BCUT2D eigenvalue weighted by Crippen LogP contribution is -2.45. The molecule has 2 aliphatic rings. The van der Waals surface area contributed by atoms with Gasteiger partial charge in [0.25, 0.3) is 0 Å². The van der Waals surface area contributed by atoms with Gasteiger partial charge < -0.3 is 14.2 Å². The molecular weight excluding hydrogens is 371 g/mol. The Bertz CT molecular complexity index is 824. The standard InChI is InChI=1S/C23H27FN2O3/c24-19-9-7-17(8-10-19)14-25(15-21-6-3-13-29-21)22(27)16-26(20-11-12-20)23(28)18-4-1-2-5-18/h3,6-10,13,18,20H,1-2,4-5,11-12,14-16H2. The van der Waals surface area contributed by atoms with Gasteiger partial charge in [-0.25, -0.2) is 4.39 Å². The molecule has 2 amide bonds. The normalized spacial score (nSPS) is 16.7. The fraction of sp³-hybridized carbons (Fsp3) is 0.478. The molecule has 0 atom stereocenters. The van der Waals surface area contributed by atoms with Crippen molar-refractivity contribution in [1.29, 1.82) is 0 Å². The Balaban J connectivity index is 1.48. The fourth-order valence-electron chi connectivity index (χ4n) is 4.06. The second-order valence-electron chi connectivity index (χ2n) is 8.13. The van der Waals surface area contributed by atoms with Crippen LogP contribution in [0.15, 0.2) is 47.1 Å². The Morgan fingerprint density at radius 3 is 2.34 bits per heavy atom. The topological polar surface area (TPSA) is 53.8 Å². The van der Waals surface area contributed by atoms with Crippen LogP contribution in [0.1, 0.15) is 49.8 Å². The fourth-order valence-corrected chi connectivity index (χ4v) is 4.06. The summed E-state index contributed by atoms with van der Waals surface area (Å²) in [6.07, 6.45) is 7.58. The monoisotopic (exact) mass is 398 g/mol. The first kappa shape index (κ1) is 19.7. The van der Waals surface area contributed by atoms with Gasteiger partial charge in [-0.3, -0.25) is 9.59 Å². The van der Waals surface area contributed by atoms with Gasteiger partial charge in [0.1, 0.15) is 18.1 Å². The highest BCUT2D eigenvalue weighted by Gasteiger charge is 2.38. The van der Waals surface area contributed by atoms with E-state index in [-0.39, 0.29) is 36.1 Å². The molecule has 1 aromatic carbocycles. The predicted molar refractivity (Wildman–Crippen MR) is 106 cm³/mol. The average Bonchev–Trinajstić information content (AvgIpc) is 3.18. The summed E-state index contributed by atoms with van der Waals surface area (Å²) >= 11 is 0. The highest BCUT2D eigenvalue weighted by atomic mass is 19.1. The van der Waals surface area contributed by atoms with Crippen molar-refractivity contribution >= 4 is 11.8 Å². The molecule has 29 heavy (non-hydrogen) atoms. The molecule has 2 aromatic rings. The third-order valence-corrected chi connectivity index (χ3v) is 5.85. The molecule has 0 N–H and O–H groups in total. The minimum absolute atomic E-state index is 0.0685. The van der Waals surface area contributed by atoms with E-state index in [0.717, 1.165) is 44.1 Å². The molecule has 2 saturated carbocycles. The maximum Gasteiger partial charge on any atom is 0.242 e. The number of nitrogens with zero attached hydrogens (tertiary/aromatic N) is 2. The van der Waals surface area contributed by atoms with Crippen LogP contribution in [0.2, 0.25) is 0 Å². The van der Waals surface area contributed by atoms with Gasteiger partial charge in [-0.15, -0.1) is 0 Å². The number of carbonyl (C=O) groups is 2. The molecule has 2 fully saturated rings. The lowest BCUT2D eigenvalue weighted by Gasteiger charge is -2.29. The van der Waals surface area contributed by atoms with E-state index < -0.39 is 0 Å². The van der Waals surface area contributed by atoms with Crippen molar-refractivity contribution in [2.75, 3.05) is 6.54 Å². The first-order valence-electron chi connectivity index (χ1n) is 10.5. The minimum atomic E-state index is -0.306. The quantitative estimate of drug-likeness (QED) is 0.672. The third kappa shape index (κ3) is 5.05. The zero-order valence-electron chi connectivity index (χ0n) is 16.6. The molecule has 154 valence electrons. The second kappa shape index (κ2) is 8.80. The van der Waals surface area contributed by atoms with Crippen molar-refractivity contribution in [1.82, 2.24) is 9.80 Å². The Kier molecular flexibility index (Phi) is 5.97. The minimum Gasteiger partial charge on any atom is -0.467 e. The Morgan fingerprint density at radius 2 is 1.72 bits per heavy atom. The molecule has 5 nitrogen and oxygen atoms in total. The van der Waals surface area contributed by atoms with Crippen LogP contribution >= 0.6 is 0 Å². The molecule has 0 aliphatic heterocycles. The van der Waals surface area contributed by atoms with Gasteiger partial charge in [0.05, 0.1) is 12.8 Å². The lowest BCUT2D eigenvalue weighted by atomic mass is 10.1. The number of halogens is 1. The number of benzene rings is 1. The summed E-state index contributed by atoms with van der Waals surface area (Å²) in [5.41, 5.74) is 0.839. The van der Waals surface area contributed by atoms with Crippen molar-refractivity contribution < 1.29 is 18.4 Å². The molecule has 0 unspecified atom stereocenters. The Labute approximate surface area is 170 Å². The van der Waals surface area contributed by atoms with Gasteiger partial charge in [-0.1, -0.05) is 25.0 Å². The summed E-state index contributed by atoms with van der Waals surface area (Å²) in [6, 6.07) is 9.96. The molecule has 0 radical (unpaired) electrons. The van der Waals surface area contributed by atoms with E-state index in [4.69, 9.17) is 4.42 Å². The number of carbonyl (C=O) groups excluding carboxylic acids is 2. The van der Waals surface area contributed by atoms with Crippen molar-refractivity contribution in [3.05, 3.63) is 59.8 Å². The Morgan fingerprint density at radius 1 is 1.00 bits per heavy atom. The van der Waals surface area contributed by atoms with Crippen LogP contribution in [0.4, 0.5) is 4.39 Å². The lowest BCUT2D eigenvalue weighted by molar-refractivity contribution is -0.144. The predicted octanol–water partition coefficient (Wildman–Crippen LogP) is 4.13. The largest absolute Gasteiger partial charge is 0.467 e. The van der Waals surface area contributed by atoms with E-state index in [1.165, 1.54) is 12.1 Å². The molecule has 0 saturated heterocycles. The highest BCUT2D eigenvalue weighted by Crippen LogP contribution is 2.33. The van der Waals surface area contributed by atoms with Crippen LogP contribution in [0.3, 0.4) is 0 Å². The first-order valence-corrected chi connectivity index (χ1v) is 10.5. The maximum absolute atomic E-state index is 13.3. The SMILES string of the molecule is O=C(CN(C(=O)C1CCCC1)C1CC1)N(Cc1ccc(F)cc1)Cc1ccco1. The van der Waals surface area contributed by atoms with Gasteiger partial charge in [0, 0.05) is 18.5 Å². The number of hydrogen-bond donors (Lipinski definition) is 0. The summed E-state index contributed by atoms with van der Waals surface area (Å²) in [6.45, 7) is 0.761. The summed E-state index contributed by atoms with van der Waals surface area (Å²) in [7, 11) is 0. The van der Waals surface area contributed by atoms with Crippen molar-refractivity contribution in [3.63, 3.8) is 0 Å². The van der Waals surface area contributed by atoms with Gasteiger partial charge in [0.15, 0.2) is 0 Å². The van der Waals surface area contributed by atoms with E-state index in [0.29, 0.717) is 18.8 Å². The van der Waals surface area contributed by atoms with Gasteiger partial charge >= 0.3 is 0 Å². The molecule has 0 bridgehead atoms. The number of hydrogen-bond acceptors (Lipinski definition) is 3. The van der Waals surface area contributed by atoms with Crippen LogP contribution in [-0.4, -0.2) is 34.2 Å². The summed E-state index contributed by atoms with van der Waals surface area (Å²) < 4.78 is 18.7. The molecule has 1 heterocycles. The second-order valence-corrected chi connectivity index (χ2v) is 8.13. The molecule has 6 heteroatoms. The first-order chi connectivity index (χ1) is 14.1. The molecular formula is C23H27FN2O3. The zero-order valence-corrected chi connectivity index (χ0v) is 16.6. The maximum atomic E-state index is 13.3.